The molecule has 1 aromatic rings. The first-order valence-corrected chi connectivity index (χ1v) is 6.11. The van der Waals surface area contributed by atoms with Crippen LogP contribution in [0.4, 0.5) is 0 Å². The summed E-state index contributed by atoms with van der Waals surface area (Å²) in [6.07, 6.45) is 0. The van der Waals surface area contributed by atoms with Crippen LogP contribution >= 0.6 is 22.6 Å². The Labute approximate surface area is 109 Å². The van der Waals surface area contributed by atoms with Crippen LogP contribution in [0, 0.1) is 3.57 Å². The van der Waals surface area contributed by atoms with Gasteiger partial charge in [0.1, 0.15) is 11.6 Å². The van der Waals surface area contributed by atoms with E-state index in [9.17, 15) is 4.79 Å². The summed E-state index contributed by atoms with van der Waals surface area (Å²) >= 11 is 2.18. The maximum absolute atomic E-state index is 11.7. The van der Waals surface area contributed by atoms with Gasteiger partial charge in [-0.3, -0.25) is 0 Å². The van der Waals surface area contributed by atoms with Crippen molar-refractivity contribution in [2.75, 3.05) is 0 Å². The summed E-state index contributed by atoms with van der Waals surface area (Å²) in [5.41, 5.74) is 6.11. The number of hydrogen-bond donors (Lipinski definition) is 1. The SMILES string of the molecule is CC(C)(C)OC(=O)C(N)c1cccc(I)c1. The largest absolute Gasteiger partial charge is 0.459 e. The summed E-state index contributed by atoms with van der Waals surface area (Å²) < 4.78 is 6.28. The van der Waals surface area contributed by atoms with Gasteiger partial charge < -0.3 is 10.5 Å². The minimum absolute atomic E-state index is 0.394. The molecule has 1 atom stereocenters. The number of benzene rings is 1. The molecule has 0 saturated heterocycles. The van der Waals surface area contributed by atoms with Crippen LogP contribution in [0.25, 0.3) is 0 Å². The van der Waals surface area contributed by atoms with Gasteiger partial charge in [0.15, 0.2) is 0 Å². The fourth-order valence-electron chi connectivity index (χ4n) is 1.20. The maximum Gasteiger partial charge on any atom is 0.328 e. The van der Waals surface area contributed by atoms with E-state index in [0.29, 0.717) is 0 Å². The van der Waals surface area contributed by atoms with Gasteiger partial charge in [-0.1, -0.05) is 12.1 Å². The fraction of sp³-hybridized carbons (Fsp3) is 0.417. The number of hydrogen-bond acceptors (Lipinski definition) is 3. The molecule has 1 rings (SSSR count). The first-order valence-electron chi connectivity index (χ1n) is 5.03. The number of esters is 1. The van der Waals surface area contributed by atoms with Gasteiger partial charge in [-0.05, 0) is 61.1 Å². The molecule has 0 fully saturated rings. The van der Waals surface area contributed by atoms with E-state index in [0.717, 1.165) is 9.13 Å². The topological polar surface area (TPSA) is 52.3 Å². The second-order valence-corrected chi connectivity index (χ2v) is 5.81. The summed E-state index contributed by atoms with van der Waals surface area (Å²) in [6, 6.07) is 6.83. The number of ether oxygens (including phenoxy) is 1. The average molecular weight is 333 g/mol. The van der Waals surface area contributed by atoms with Crippen LogP contribution in [-0.2, 0) is 9.53 Å². The van der Waals surface area contributed by atoms with Gasteiger partial charge in [-0.25, -0.2) is 4.79 Å². The second kappa shape index (κ2) is 5.14. The predicted octanol–water partition coefficient (Wildman–Crippen LogP) is 2.63. The third-order valence-corrected chi connectivity index (χ3v) is 2.54. The van der Waals surface area contributed by atoms with Crippen LogP contribution in [0.1, 0.15) is 32.4 Å². The Bertz CT molecular complexity index is 385. The zero-order valence-electron chi connectivity index (χ0n) is 9.66. The van der Waals surface area contributed by atoms with Crippen LogP contribution in [0.15, 0.2) is 24.3 Å². The second-order valence-electron chi connectivity index (χ2n) is 4.57. The van der Waals surface area contributed by atoms with E-state index in [1.54, 1.807) is 0 Å². The molecule has 16 heavy (non-hydrogen) atoms. The Kier molecular flexibility index (Phi) is 4.32. The Morgan fingerprint density at radius 3 is 2.56 bits per heavy atom. The van der Waals surface area contributed by atoms with Crippen molar-refractivity contribution in [3.05, 3.63) is 33.4 Å². The molecule has 0 aliphatic heterocycles. The Hall–Kier alpha value is -0.620. The first-order chi connectivity index (χ1) is 7.29. The standard InChI is InChI=1S/C12H16INO2/c1-12(2,3)16-11(15)10(14)8-5-4-6-9(13)7-8/h4-7,10H,14H2,1-3H3. The highest BCUT2D eigenvalue weighted by Crippen LogP contribution is 2.18. The van der Waals surface area contributed by atoms with E-state index in [2.05, 4.69) is 22.6 Å². The van der Waals surface area contributed by atoms with Crippen molar-refractivity contribution in [1.82, 2.24) is 0 Å². The Morgan fingerprint density at radius 1 is 1.44 bits per heavy atom. The maximum atomic E-state index is 11.7. The molecule has 0 amide bonds. The van der Waals surface area contributed by atoms with Gasteiger partial charge in [0.2, 0.25) is 0 Å². The molecule has 1 unspecified atom stereocenters. The predicted molar refractivity (Wildman–Crippen MR) is 71.9 cm³/mol. The number of carbonyl (C=O) groups excluding carboxylic acids is 1. The lowest BCUT2D eigenvalue weighted by Gasteiger charge is -2.22. The molecular weight excluding hydrogens is 317 g/mol. The van der Waals surface area contributed by atoms with Gasteiger partial charge in [0.05, 0.1) is 0 Å². The van der Waals surface area contributed by atoms with Crippen molar-refractivity contribution in [2.45, 2.75) is 32.4 Å². The van der Waals surface area contributed by atoms with E-state index in [1.807, 2.05) is 45.0 Å². The molecule has 0 radical (unpaired) electrons. The third kappa shape index (κ3) is 4.09. The zero-order chi connectivity index (χ0) is 12.3. The van der Waals surface area contributed by atoms with Gasteiger partial charge in [-0.15, -0.1) is 0 Å². The van der Waals surface area contributed by atoms with Crippen LogP contribution in [-0.4, -0.2) is 11.6 Å². The molecule has 0 bridgehead atoms. The molecule has 0 heterocycles. The number of carbonyl (C=O) groups is 1. The lowest BCUT2D eigenvalue weighted by atomic mass is 10.1. The zero-order valence-corrected chi connectivity index (χ0v) is 11.8. The summed E-state index contributed by atoms with van der Waals surface area (Å²) in [4.78, 5) is 11.7. The minimum atomic E-state index is -0.714. The molecule has 0 aliphatic rings. The summed E-state index contributed by atoms with van der Waals surface area (Å²) in [5.74, 6) is -0.394. The molecule has 2 N–H and O–H groups in total. The summed E-state index contributed by atoms with van der Waals surface area (Å²) in [7, 11) is 0. The van der Waals surface area contributed by atoms with Crippen molar-refractivity contribution < 1.29 is 9.53 Å². The summed E-state index contributed by atoms with van der Waals surface area (Å²) in [5, 5.41) is 0. The molecule has 3 nitrogen and oxygen atoms in total. The van der Waals surface area contributed by atoms with E-state index in [1.165, 1.54) is 0 Å². The van der Waals surface area contributed by atoms with Crippen molar-refractivity contribution in [2.24, 2.45) is 5.73 Å². The minimum Gasteiger partial charge on any atom is -0.459 e. The van der Waals surface area contributed by atoms with Crippen LogP contribution in [0.5, 0.6) is 0 Å². The van der Waals surface area contributed by atoms with Gasteiger partial charge in [-0.2, -0.15) is 0 Å². The van der Waals surface area contributed by atoms with Crippen LogP contribution < -0.4 is 5.73 Å². The van der Waals surface area contributed by atoms with Crippen LogP contribution in [0.3, 0.4) is 0 Å². The molecule has 1 aromatic carbocycles. The molecule has 88 valence electrons. The Balaban J connectivity index is 2.78. The molecule has 4 heteroatoms. The smallest absolute Gasteiger partial charge is 0.328 e. The monoisotopic (exact) mass is 333 g/mol. The molecule has 0 saturated carbocycles. The number of nitrogens with two attached hydrogens (primary N) is 1. The molecule has 0 spiro atoms. The lowest BCUT2D eigenvalue weighted by Crippen LogP contribution is -2.31. The van der Waals surface area contributed by atoms with Crippen LogP contribution in [0.2, 0.25) is 0 Å². The average Bonchev–Trinajstić information content (AvgIpc) is 2.14. The molecular formula is C12H16INO2. The van der Waals surface area contributed by atoms with E-state index >= 15 is 0 Å². The van der Waals surface area contributed by atoms with E-state index in [-0.39, 0.29) is 0 Å². The normalized spacial score (nSPS) is 13.3. The molecule has 0 aliphatic carbocycles. The van der Waals surface area contributed by atoms with Crippen molar-refractivity contribution in [3.8, 4) is 0 Å². The summed E-state index contributed by atoms with van der Waals surface area (Å²) in [6.45, 7) is 5.48. The van der Waals surface area contributed by atoms with Gasteiger partial charge in [0.25, 0.3) is 0 Å². The Morgan fingerprint density at radius 2 is 2.06 bits per heavy atom. The highest BCUT2D eigenvalue weighted by Gasteiger charge is 2.23. The highest BCUT2D eigenvalue weighted by molar-refractivity contribution is 14.1. The fourth-order valence-corrected chi connectivity index (χ4v) is 1.77. The van der Waals surface area contributed by atoms with E-state index < -0.39 is 17.6 Å². The molecule has 0 aromatic heterocycles. The highest BCUT2D eigenvalue weighted by atomic mass is 127. The lowest BCUT2D eigenvalue weighted by molar-refractivity contribution is -0.156. The first kappa shape index (κ1) is 13.4. The quantitative estimate of drug-likeness (QED) is 0.669. The van der Waals surface area contributed by atoms with Gasteiger partial charge in [0, 0.05) is 3.57 Å². The van der Waals surface area contributed by atoms with E-state index in [4.69, 9.17) is 10.5 Å². The van der Waals surface area contributed by atoms with Gasteiger partial charge >= 0.3 is 5.97 Å². The van der Waals surface area contributed by atoms with Crippen molar-refractivity contribution >= 4 is 28.6 Å². The number of rotatable bonds is 2. The third-order valence-electron chi connectivity index (χ3n) is 1.87. The van der Waals surface area contributed by atoms with Crippen molar-refractivity contribution in [3.63, 3.8) is 0 Å². The van der Waals surface area contributed by atoms with Crippen molar-refractivity contribution in [1.29, 1.82) is 0 Å². The number of halogens is 1.